The number of carbonyl (C=O) groups is 2. The van der Waals surface area contributed by atoms with E-state index in [1.54, 1.807) is 24.5 Å². The molecule has 0 spiro atoms. The Kier molecular flexibility index (Phi) is 6.87. The van der Waals surface area contributed by atoms with Gasteiger partial charge in [0.25, 0.3) is 5.91 Å². The van der Waals surface area contributed by atoms with Crippen molar-refractivity contribution in [2.75, 3.05) is 19.6 Å². The molecule has 1 N–H and O–H groups in total. The van der Waals surface area contributed by atoms with Crippen LogP contribution in [0.15, 0.2) is 73.1 Å². The standard InChI is InChI=1S/C28H31N3O2/c1-3-30-27(33)28(15-7-17-31(20-28)26(32)24-9-6-16-29-19-24)18-23-8-4-5-10-25(23)22-13-11-21(2)12-14-22/h4-6,8-14,16,19H,3,7,15,17-18,20H2,1-2H3,(H,30,33). The van der Waals surface area contributed by atoms with Gasteiger partial charge in [-0.2, -0.15) is 0 Å². The third kappa shape index (κ3) is 4.98. The lowest BCUT2D eigenvalue weighted by Gasteiger charge is -2.42. The van der Waals surface area contributed by atoms with E-state index in [9.17, 15) is 9.59 Å². The number of carbonyl (C=O) groups excluding carboxylic acids is 2. The summed E-state index contributed by atoms with van der Waals surface area (Å²) in [4.78, 5) is 32.6. The van der Waals surface area contributed by atoms with Gasteiger partial charge in [0, 0.05) is 32.0 Å². The van der Waals surface area contributed by atoms with Gasteiger partial charge in [0.2, 0.25) is 5.91 Å². The quantitative estimate of drug-likeness (QED) is 0.605. The second-order valence-electron chi connectivity index (χ2n) is 8.91. The van der Waals surface area contributed by atoms with Crippen molar-refractivity contribution in [2.24, 2.45) is 5.41 Å². The van der Waals surface area contributed by atoms with Gasteiger partial charge in [-0.05, 0) is 61.9 Å². The Morgan fingerprint density at radius 2 is 1.85 bits per heavy atom. The van der Waals surface area contributed by atoms with Crippen LogP contribution < -0.4 is 5.32 Å². The average Bonchev–Trinajstić information content (AvgIpc) is 2.85. The van der Waals surface area contributed by atoms with Gasteiger partial charge in [0.1, 0.15) is 0 Å². The summed E-state index contributed by atoms with van der Waals surface area (Å²) in [7, 11) is 0. The number of pyridine rings is 1. The summed E-state index contributed by atoms with van der Waals surface area (Å²) in [6.07, 6.45) is 5.37. The van der Waals surface area contributed by atoms with Crippen molar-refractivity contribution in [2.45, 2.75) is 33.1 Å². The van der Waals surface area contributed by atoms with Crippen LogP contribution in [0.4, 0.5) is 0 Å². The molecular formula is C28H31N3O2. The van der Waals surface area contributed by atoms with Gasteiger partial charge in [-0.1, -0.05) is 54.1 Å². The lowest BCUT2D eigenvalue weighted by molar-refractivity contribution is -0.133. The van der Waals surface area contributed by atoms with Crippen LogP contribution in [0.3, 0.4) is 0 Å². The minimum atomic E-state index is -0.674. The van der Waals surface area contributed by atoms with Crippen molar-refractivity contribution in [1.29, 1.82) is 0 Å². The third-order valence-electron chi connectivity index (χ3n) is 6.50. The number of likely N-dealkylation sites (tertiary alicyclic amines) is 1. The fourth-order valence-electron chi connectivity index (χ4n) is 4.79. The Hall–Kier alpha value is -3.47. The summed E-state index contributed by atoms with van der Waals surface area (Å²) in [5.74, 6) is -0.0457. The van der Waals surface area contributed by atoms with E-state index >= 15 is 0 Å². The van der Waals surface area contributed by atoms with Gasteiger partial charge in [0.05, 0.1) is 11.0 Å². The number of nitrogens with zero attached hydrogens (tertiary/aromatic N) is 2. The van der Waals surface area contributed by atoms with Crippen molar-refractivity contribution in [1.82, 2.24) is 15.2 Å². The highest BCUT2D eigenvalue weighted by molar-refractivity contribution is 5.94. The lowest BCUT2D eigenvalue weighted by Crippen LogP contribution is -2.54. The fraction of sp³-hybridized carbons (Fsp3) is 0.321. The first kappa shape index (κ1) is 22.7. The number of hydrogen-bond donors (Lipinski definition) is 1. The Labute approximate surface area is 195 Å². The van der Waals surface area contributed by atoms with Crippen molar-refractivity contribution in [3.05, 3.63) is 89.7 Å². The van der Waals surface area contributed by atoms with E-state index in [0.717, 1.165) is 29.5 Å². The van der Waals surface area contributed by atoms with E-state index in [1.165, 1.54) is 5.56 Å². The molecule has 170 valence electrons. The average molecular weight is 442 g/mol. The molecule has 0 saturated carbocycles. The van der Waals surface area contributed by atoms with Crippen molar-refractivity contribution >= 4 is 11.8 Å². The van der Waals surface area contributed by atoms with Gasteiger partial charge in [-0.15, -0.1) is 0 Å². The zero-order chi connectivity index (χ0) is 23.3. The van der Waals surface area contributed by atoms with Crippen molar-refractivity contribution in [3.63, 3.8) is 0 Å². The highest BCUT2D eigenvalue weighted by Crippen LogP contribution is 2.37. The smallest absolute Gasteiger partial charge is 0.255 e. The molecule has 2 amide bonds. The molecule has 0 bridgehead atoms. The van der Waals surface area contributed by atoms with Crippen molar-refractivity contribution < 1.29 is 9.59 Å². The SMILES string of the molecule is CCNC(=O)C1(Cc2ccccc2-c2ccc(C)cc2)CCCN(C(=O)c2cccnc2)C1. The summed E-state index contributed by atoms with van der Waals surface area (Å²) >= 11 is 0. The van der Waals surface area contributed by atoms with Gasteiger partial charge in [-0.3, -0.25) is 14.6 Å². The molecule has 1 saturated heterocycles. The molecule has 4 rings (SSSR count). The molecular weight excluding hydrogens is 410 g/mol. The molecule has 1 aliphatic heterocycles. The number of rotatable bonds is 6. The molecule has 1 aliphatic rings. The van der Waals surface area contributed by atoms with E-state index in [0.29, 0.717) is 31.6 Å². The van der Waals surface area contributed by atoms with E-state index in [2.05, 4.69) is 53.6 Å². The fourth-order valence-corrected chi connectivity index (χ4v) is 4.79. The second-order valence-corrected chi connectivity index (χ2v) is 8.91. The number of benzene rings is 2. The summed E-state index contributed by atoms with van der Waals surface area (Å²) in [6, 6.07) is 20.3. The first-order valence-electron chi connectivity index (χ1n) is 11.6. The molecule has 1 fully saturated rings. The number of amides is 2. The largest absolute Gasteiger partial charge is 0.356 e. The molecule has 1 atom stereocenters. The summed E-state index contributed by atoms with van der Waals surface area (Å²) in [6.45, 7) is 5.63. The summed E-state index contributed by atoms with van der Waals surface area (Å²) < 4.78 is 0. The van der Waals surface area contributed by atoms with Crippen LogP contribution in [0.5, 0.6) is 0 Å². The minimum absolute atomic E-state index is 0.0207. The van der Waals surface area contributed by atoms with E-state index in [4.69, 9.17) is 0 Å². The van der Waals surface area contributed by atoms with Gasteiger partial charge >= 0.3 is 0 Å². The third-order valence-corrected chi connectivity index (χ3v) is 6.50. The van der Waals surface area contributed by atoms with Crippen LogP contribution in [-0.2, 0) is 11.2 Å². The normalized spacial score (nSPS) is 18.1. The summed E-state index contributed by atoms with van der Waals surface area (Å²) in [5, 5.41) is 3.05. The topological polar surface area (TPSA) is 62.3 Å². The minimum Gasteiger partial charge on any atom is -0.356 e. The zero-order valence-corrected chi connectivity index (χ0v) is 19.4. The first-order valence-corrected chi connectivity index (χ1v) is 11.6. The summed E-state index contributed by atoms with van der Waals surface area (Å²) in [5.41, 5.74) is 4.50. The van der Waals surface area contributed by atoms with Gasteiger partial charge in [0.15, 0.2) is 0 Å². The molecule has 1 unspecified atom stereocenters. The second kappa shape index (κ2) is 9.99. The predicted octanol–water partition coefficient (Wildman–Crippen LogP) is 4.66. The van der Waals surface area contributed by atoms with Gasteiger partial charge in [-0.25, -0.2) is 0 Å². The molecule has 2 heterocycles. The molecule has 0 radical (unpaired) electrons. The Morgan fingerprint density at radius 1 is 1.06 bits per heavy atom. The molecule has 5 heteroatoms. The van der Waals surface area contributed by atoms with Crippen LogP contribution in [0, 0.1) is 12.3 Å². The molecule has 3 aromatic rings. The van der Waals surface area contributed by atoms with E-state index in [1.807, 2.05) is 24.0 Å². The Balaban J connectivity index is 1.68. The monoisotopic (exact) mass is 441 g/mol. The number of aryl methyl sites for hydroxylation is 1. The van der Waals surface area contributed by atoms with Gasteiger partial charge < -0.3 is 10.2 Å². The highest BCUT2D eigenvalue weighted by atomic mass is 16.2. The number of nitrogens with one attached hydrogen (secondary N) is 1. The molecule has 5 nitrogen and oxygen atoms in total. The van der Waals surface area contributed by atoms with Crippen LogP contribution in [-0.4, -0.2) is 41.3 Å². The maximum absolute atomic E-state index is 13.5. The van der Waals surface area contributed by atoms with Crippen LogP contribution in [0.2, 0.25) is 0 Å². The molecule has 2 aromatic carbocycles. The highest BCUT2D eigenvalue weighted by Gasteiger charge is 2.43. The number of hydrogen-bond acceptors (Lipinski definition) is 3. The maximum Gasteiger partial charge on any atom is 0.255 e. The predicted molar refractivity (Wildman–Crippen MR) is 131 cm³/mol. The lowest BCUT2D eigenvalue weighted by atomic mass is 9.73. The Morgan fingerprint density at radius 3 is 2.58 bits per heavy atom. The van der Waals surface area contributed by atoms with Crippen LogP contribution in [0.25, 0.3) is 11.1 Å². The first-order chi connectivity index (χ1) is 16.0. The molecule has 0 aliphatic carbocycles. The Bertz CT molecular complexity index is 1110. The van der Waals surface area contributed by atoms with Crippen LogP contribution >= 0.6 is 0 Å². The molecule has 1 aromatic heterocycles. The number of piperidine rings is 1. The van der Waals surface area contributed by atoms with E-state index < -0.39 is 5.41 Å². The van der Waals surface area contributed by atoms with Crippen LogP contribution in [0.1, 0.15) is 41.3 Å². The molecule has 33 heavy (non-hydrogen) atoms. The van der Waals surface area contributed by atoms with E-state index in [-0.39, 0.29) is 11.8 Å². The van der Waals surface area contributed by atoms with Crippen molar-refractivity contribution in [3.8, 4) is 11.1 Å². The maximum atomic E-state index is 13.5. The number of aromatic nitrogens is 1. The zero-order valence-electron chi connectivity index (χ0n) is 19.4.